The Morgan fingerprint density at radius 1 is 1.03 bits per heavy atom. The molecule has 1 amide bonds. The SMILES string of the molecule is Cc1c[nH]c(=O)n(CCc2ccc3[nH]c(C(=O)NCc4ccccc4)c(CCN(C)C)c3c2)c1=O. The molecule has 0 spiro atoms. The van der Waals surface area contributed by atoms with Crippen LogP contribution in [0.4, 0.5) is 0 Å². The second kappa shape index (κ2) is 10.6. The number of aromatic nitrogens is 3. The zero-order chi connectivity index (χ0) is 24.9. The Kier molecular flexibility index (Phi) is 7.31. The maximum absolute atomic E-state index is 13.1. The van der Waals surface area contributed by atoms with E-state index < -0.39 is 5.69 Å². The monoisotopic (exact) mass is 473 g/mol. The second-order valence-corrected chi connectivity index (χ2v) is 9.06. The van der Waals surface area contributed by atoms with E-state index >= 15 is 0 Å². The quantitative estimate of drug-likeness (QED) is 0.348. The number of aryl methyl sites for hydroxylation is 2. The molecule has 8 heteroatoms. The van der Waals surface area contributed by atoms with Gasteiger partial charge in [-0.15, -0.1) is 0 Å². The summed E-state index contributed by atoms with van der Waals surface area (Å²) in [7, 11) is 4.01. The molecule has 0 unspecified atom stereocenters. The molecular formula is C27H31N5O3. The fourth-order valence-corrected chi connectivity index (χ4v) is 4.16. The molecule has 0 aliphatic rings. The lowest BCUT2D eigenvalue weighted by Gasteiger charge is -2.11. The molecular weight excluding hydrogens is 442 g/mol. The van der Waals surface area contributed by atoms with Crippen molar-refractivity contribution in [3.05, 3.63) is 104 Å². The lowest BCUT2D eigenvalue weighted by Crippen LogP contribution is -2.36. The number of fused-ring (bicyclic) bond motifs is 1. The van der Waals surface area contributed by atoms with Gasteiger partial charge in [-0.25, -0.2) is 4.79 Å². The number of hydrogen-bond donors (Lipinski definition) is 3. The molecule has 2 aromatic heterocycles. The molecule has 0 saturated heterocycles. The molecule has 2 aromatic carbocycles. The van der Waals surface area contributed by atoms with Crippen LogP contribution >= 0.6 is 0 Å². The molecule has 2 heterocycles. The van der Waals surface area contributed by atoms with Crippen LogP contribution in [0.2, 0.25) is 0 Å². The highest BCUT2D eigenvalue weighted by molar-refractivity contribution is 6.01. The van der Waals surface area contributed by atoms with Crippen molar-refractivity contribution >= 4 is 16.8 Å². The maximum atomic E-state index is 13.1. The van der Waals surface area contributed by atoms with Crippen molar-refractivity contribution in [2.75, 3.05) is 20.6 Å². The van der Waals surface area contributed by atoms with Crippen LogP contribution in [0.5, 0.6) is 0 Å². The average Bonchev–Trinajstić information content (AvgIpc) is 3.22. The van der Waals surface area contributed by atoms with E-state index in [9.17, 15) is 14.4 Å². The van der Waals surface area contributed by atoms with Gasteiger partial charge in [0.25, 0.3) is 11.5 Å². The van der Waals surface area contributed by atoms with Crippen LogP contribution in [-0.2, 0) is 25.9 Å². The van der Waals surface area contributed by atoms with Gasteiger partial charge in [-0.1, -0.05) is 36.4 Å². The topological polar surface area (TPSA) is 103 Å². The smallest absolute Gasteiger partial charge is 0.328 e. The predicted octanol–water partition coefficient (Wildman–Crippen LogP) is 2.60. The summed E-state index contributed by atoms with van der Waals surface area (Å²) in [4.78, 5) is 45.6. The number of likely N-dealkylation sites (N-methyl/N-ethyl adjacent to an activating group) is 1. The molecule has 8 nitrogen and oxygen atoms in total. The molecule has 4 aromatic rings. The molecule has 0 saturated carbocycles. The summed E-state index contributed by atoms with van der Waals surface area (Å²) in [5.74, 6) is -0.141. The molecule has 3 N–H and O–H groups in total. The minimum atomic E-state index is -0.410. The van der Waals surface area contributed by atoms with Crippen molar-refractivity contribution in [1.29, 1.82) is 0 Å². The molecule has 182 valence electrons. The minimum absolute atomic E-state index is 0.141. The lowest BCUT2D eigenvalue weighted by atomic mass is 10.0. The highest BCUT2D eigenvalue weighted by Crippen LogP contribution is 2.25. The Bertz CT molecular complexity index is 1450. The summed E-state index contributed by atoms with van der Waals surface area (Å²) in [6.07, 6.45) is 2.67. The first-order valence-corrected chi connectivity index (χ1v) is 11.7. The zero-order valence-electron chi connectivity index (χ0n) is 20.4. The predicted molar refractivity (Wildman–Crippen MR) is 138 cm³/mol. The van der Waals surface area contributed by atoms with Crippen molar-refractivity contribution in [3.63, 3.8) is 0 Å². The Morgan fingerprint density at radius 2 is 1.80 bits per heavy atom. The molecule has 35 heavy (non-hydrogen) atoms. The van der Waals surface area contributed by atoms with Gasteiger partial charge in [0.15, 0.2) is 0 Å². The molecule has 0 aliphatic carbocycles. The summed E-state index contributed by atoms with van der Waals surface area (Å²) in [6.45, 7) is 3.21. The van der Waals surface area contributed by atoms with Crippen LogP contribution in [0.25, 0.3) is 10.9 Å². The fourth-order valence-electron chi connectivity index (χ4n) is 4.16. The van der Waals surface area contributed by atoms with Gasteiger partial charge in [0.05, 0.1) is 0 Å². The number of aromatic amines is 2. The van der Waals surface area contributed by atoms with E-state index in [0.29, 0.717) is 30.6 Å². The fraction of sp³-hybridized carbons (Fsp3) is 0.296. The third-order valence-electron chi connectivity index (χ3n) is 6.17. The molecule has 0 aliphatic heterocycles. The Hall–Kier alpha value is -3.91. The van der Waals surface area contributed by atoms with Crippen LogP contribution in [-0.4, -0.2) is 46.0 Å². The Balaban J connectivity index is 1.61. The highest BCUT2D eigenvalue weighted by Gasteiger charge is 2.18. The first kappa shape index (κ1) is 24.2. The Labute approximate surface area is 203 Å². The van der Waals surface area contributed by atoms with E-state index in [1.54, 1.807) is 6.92 Å². The van der Waals surface area contributed by atoms with Gasteiger partial charge in [0.2, 0.25) is 0 Å². The number of benzene rings is 2. The number of amides is 1. The van der Waals surface area contributed by atoms with Gasteiger partial charge in [-0.05, 0) is 62.7 Å². The van der Waals surface area contributed by atoms with Crippen molar-refractivity contribution in [3.8, 4) is 0 Å². The largest absolute Gasteiger partial charge is 0.350 e. The van der Waals surface area contributed by atoms with Crippen LogP contribution in [0.3, 0.4) is 0 Å². The van der Waals surface area contributed by atoms with Crippen molar-refractivity contribution in [1.82, 2.24) is 24.8 Å². The second-order valence-electron chi connectivity index (χ2n) is 9.06. The number of hydrogen-bond acceptors (Lipinski definition) is 4. The summed E-state index contributed by atoms with van der Waals surface area (Å²) >= 11 is 0. The number of carbonyl (C=O) groups is 1. The molecule has 4 rings (SSSR count). The number of rotatable bonds is 9. The standard InChI is InChI=1S/C27H31N5O3/c1-18-16-29-27(35)32(26(18)34)14-11-19-9-10-23-22(15-19)21(12-13-31(2)3)24(30-23)25(33)28-17-20-7-5-4-6-8-20/h4-10,15-16,30H,11-14,17H2,1-3H3,(H,28,33)(H,29,35). The van der Waals surface area contributed by atoms with Gasteiger partial charge < -0.3 is 20.2 Å². The summed E-state index contributed by atoms with van der Waals surface area (Å²) in [5.41, 5.74) is 4.27. The van der Waals surface area contributed by atoms with Crippen molar-refractivity contribution in [2.24, 2.45) is 0 Å². The van der Waals surface area contributed by atoms with Crippen molar-refractivity contribution < 1.29 is 4.79 Å². The summed E-state index contributed by atoms with van der Waals surface area (Å²) in [6, 6.07) is 15.8. The van der Waals surface area contributed by atoms with Gasteiger partial charge in [0.1, 0.15) is 5.69 Å². The van der Waals surface area contributed by atoms with E-state index in [2.05, 4.69) is 26.3 Å². The van der Waals surface area contributed by atoms with E-state index in [4.69, 9.17) is 0 Å². The zero-order valence-corrected chi connectivity index (χ0v) is 20.4. The molecule has 0 fully saturated rings. The van der Waals surface area contributed by atoms with E-state index in [-0.39, 0.29) is 18.0 Å². The number of nitrogens with zero attached hydrogens (tertiary/aromatic N) is 2. The Morgan fingerprint density at radius 3 is 2.54 bits per heavy atom. The van der Waals surface area contributed by atoms with Gasteiger partial charge in [-0.3, -0.25) is 14.2 Å². The normalized spacial score (nSPS) is 11.3. The number of carbonyl (C=O) groups excluding carboxylic acids is 1. The first-order valence-electron chi connectivity index (χ1n) is 11.7. The number of nitrogens with one attached hydrogen (secondary N) is 3. The molecule has 0 radical (unpaired) electrons. The van der Waals surface area contributed by atoms with E-state index in [1.807, 2.05) is 56.6 Å². The van der Waals surface area contributed by atoms with Crippen LogP contribution in [0.15, 0.2) is 64.3 Å². The van der Waals surface area contributed by atoms with E-state index in [0.717, 1.165) is 34.1 Å². The minimum Gasteiger partial charge on any atom is -0.350 e. The van der Waals surface area contributed by atoms with Crippen LogP contribution in [0, 0.1) is 6.92 Å². The van der Waals surface area contributed by atoms with E-state index in [1.165, 1.54) is 10.8 Å². The third-order valence-corrected chi connectivity index (χ3v) is 6.17. The van der Waals surface area contributed by atoms with Crippen molar-refractivity contribution in [2.45, 2.75) is 32.9 Å². The first-order chi connectivity index (χ1) is 16.8. The maximum Gasteiger partial charge on any atom is 0.328 e. The average molecular weight is 474 g/mol. The van der Waals surface area contributed by atoms with Crippen LogP contribution < -0.4 is 16.6 Å². The van der Waals surface area contributed by atoms with Gasteiger partial charge in [0, 0.05) is 42.3 Å². The lowest BCUT2D eigenvalue weighted by molar-refractivity contribution is 0.0945. The highest BCUT2D eigenvalue weighted by atomic mass is 16.2. The van der Waals surface area contributed by atoms with Gasteiger partial charge >= 0.3 is 5.69 Å². The third kappa shape index (κ3) is 5.60. The summed E-state index contributed by atoms with van der Waals surface area (Å²) in [5, 5.41) is 4.01. The molecule has 0 bridgehead atoms. The summed E-state index contributed by atoms with van der Waals surface area (Å²) < 4.78 is 1.23. The molecule has 0 atom stereocenters. The number of H-pyrrole nitrogens is 2. The van der Waals surface area contributed by atoms with Gasteiger partial charge in [-0.2, -0.15) is 0 Å². The van der Waals surface area contributed by atoms with Crippen LogP contribution in [0.1, 0.15) is 32.7 Å².